The van der Waals surface area contributed by atoms with Crippen molar-refractivity contribution < 1.29 is 47.3 Å². The number of nitrogens with zero attached hydrogens (tertiary/aromatic N) is 3. The van der Waals surface area contributed by atoms with Crippen LogP contribution in [0.4, 0.5) is 9.18 Å². The highest BCUT2D eigenvalue weighted by Gasteiger charge is 2.57. The number of carbonyl (C=O) groups is 5. The summed E-state index contributed by atoms with van der Waals surface area (Å²) in [5.74, 6) is -4.27. The minimum absolute atomic E-state index is 0.0349. The zero-order chi connectivity index (χ0) is 33.3. The van der Waals surface area contributed by atoms with E-state index in [0.717, 1.165) is 4.90 Å². The molecule has 1 fully saturated rings. The number of halogens is 1. The molecule has 1 aromatic carbocycles. The van der Waals surface area contributed by atoms with Gasteiger partial charge in [0.2, 0.25) is 5.88 Å². The number of nitrogens with one attached hydrogen (secondary N) is 1. The molecule has 0 bridgehead atoms. The second-order valence-corrected chi connectivity index (χ2v) is 11.8. The van der Waals surface area contributed by atoms with Crippen molar-refractivity contribution in [3.63, 3.8) is 0 Å². The van der Waals surface area contributed by atoms with Crippen molar-refractivity contribution in [2.24, 2.45) is 11.3 Å². The quantitative estimate of drug-likeness (QED) is 0.290. The van der Waals surface area contributed by atoms with E-state index in [1.165, 1.54) is 43.3 Å². The summed E-state index contributed by atoms with van der Waals surface area (Å²) in [6, 6.07) is 3.62. The molecular formula is C31H35FN4O9. The summed E-state index contributed by atoms with van der Waals surface area (Å²) in [5.41, 5.74) is -2.19. The first-order valence-corrected chi connectivity index (χ1v) is 14.0. The van der Waals surface area contributed by atoms with Crippen molar-refractivity contribution in [3.8, 4) is 17.4 Å². The number of pyridine rings is 1. The predicted molar refractivity (Wildman–Crippen MR) is 157 cm³/mol. The van der Waals surface area contributed by atoms with Gasteiger partial charge in [0.1, 0.15) is 11.3 Å². The van der Waals surface area contributed by atoms with Gasteiger partial charge in [-0.1, -0.05) is 25.6 Å². The number of urea groups is 1. The molecule has 1 aromatic heterocycles. The lowest BCUT2D eigenvalue weighted by molar-refractivity contribution is -0.158. The Kier molecular flexibility index (Phi) is 9.17. The lowest BCUT2D eigenvalue weighted by Crippen LogP contribution is -2.61. The molecule has 14 heteroatoms. The Morgan fingerprint density at radius 3 is 2.53 bits per heavy atom. The van der Waals surface area contributed by atoms with Gasteiger partial charge in [0.15, 0.2) is 18.3 Å². The molecule has 2 aliphatic heterocycles. The molecular weight excluding hydrogens is 591 g/mol. The number of hydrogen-bond acceptors (Lipinski definition) is 10. The Bertz CT molecular complexity index is 1570. The van der Waals surface area contributed by atoms with Gasteiger partial charge in [-0.25, -0.2) is 19.1 Å². The van der Waals surface area contributed by atoms with Crippen LogP contribution >= 0.6 is 0 Å². The van der Waals surface area contributed by atoms with Gasteiger partial charge in [-0.05, 0) is 38.5 Å². The number of methoxy groups -OCH3 is 1. The number of rotatable bonds is 11. The van der Waals surface area contributed by atoms with E-state index in [4.69, 9.17) is 18.9 Å². The molecule has 2 aromatic rings. The topological polar surface area (TPSA) is 154 Å². The second kappa shape index (κ2) is 12.5. The summed E-state index contributed by atoms with van der Waals surface area (Å²) in [6.07, 6.45) is 2.75. The summed E-state index contributed by atoms with van der Waals surface area (Å²) in [5, 5.41) is 2.70. The molecule has 13 nitrogen and oxygen atoms in total. The average Bonchev–Trinajstić information content (AvgIpc) is 3.42. The summed E-state index contributed by atoms with van der Waals surface area (Å²) in [7, 11) is 1.28. The zero-order valence-corrected chi connectivity index (χ0v) is 25.9. The maximum Gasteiger partial charge on any atom is 0.327 e. The van der Waals surface area contributed by atoms with Crippen LogP contribution in [0.2, 0.25) is 0 Å². The lowest BCUT2D eigenvalue weighted by Gasteiger charge is -2.36. The molecule has 0 aliphatic carbocycles. The van der Waals surface area contributed by atoms with E-state index in [-0.39, 0.29) is 48.2 Å². The van der Waals surface area contributed by atoms with Gasteiger partial charge >= 0.3 is 18.0 Å². The van der Waals surface area contributed by atoms with Gasteiger partial charge in [-0.3, -0.25) is 19.2 Å². The molecule has 2 aliphatic rings. The van der Waals surface area contributed by atoms with Crippen LogP contribution in [0.1, 0.15) is 56.1 Å². The number of fused-ring (bicyclic) bond motifs is 1. The highest BCUT2D eigenvalue weighted by molar-refractivity contribution is 6.08. The second-order valence-electron chi connectivity index (χ2n) is 11.8. The van der Waals surface area contributed by atoms with Gasteiger partial charge in [0.25, 0.3) is 11.8 Å². The van der Waals surface area contributed by atoms with Crippen molar-refractivity contribution >= 4 is 35.9 Å². The minimum Gasteiger partial charge on any atom is -0.494 e. The van der Waals surface area contributed by atoms with Crippen molar-refractivity contribution in [1.82, 2.24) is 20.1 Å². The molecule has 240 valence electrons. The van der Waals surface area contributed by atoms with Crippen LogP contribution in [0.15, 0.2) is 31.0 Å². The van der Waals surface area contributed by atoms with Crippen LogP contribution in [0.3, 0.4) is 0 Å². The number of imide groups is 1. The van der Waals surface area contributed by atoms with Crippen molar-refractivity contribution in [2.45, 2.75) is 46.7 Å². The Balaban J connectivity index is 1.65. The van der Waals surface area contributed by atoms with Gasteiger partial charge in [-0.2, -0.15) is 0 Å². The van der Waals surface area contributed by atoms with E-state index in [9.17, 15) is 24.0 Å². The number of benzene rings is 1. The van der Waals surface area contributed by atoms with Crippen molar-refractivity contribution in [3.05, 3.63) is 53.5 Å². The normalized spacial score (nSPS) is 18.3. The molecule has 2 atom stereocenters. The van der Waals surface area contributed by atoms with Crippen LogP contribution in [0.25, 0.3) is 6.08 Å². The average molecular weight is 627 g/mol. The van der Waals surface area contributed by atoms with Gasteiger partial charge in [0.05, 0.1) is 36.8 Å². The molecule has 4 rings (SSSR count). The number of amides is 4. The van der Waals surface area contributed by atoms with Gasteiger partial charge in [-0.15, -0.1) is 0 Å². The van der Waals surface area contributed by atoms with Crippen molar-refractivity contribution in [2.75, 3.05) is 27.0 Å². The third kappa shape index (κ3) is 6.30. The van der Waals surface area contributed by atoms with E-state index in [2.05, 4.69) is 16.9 Å². The Morgan fingerprint density at radius 2 is 1.91 bits per heavy atom. The first-order valence-electron chi connectivity index (χ1n) is 14.0. The highest BCUT2D eigenvalue weighted by Crippen LogP contribution is 2.36. The predicted octanol–water partition coefficient (Wildman–Crippen LogP) is 3.31. The summed E-state index contributed by atoms with van der Waals surface area (Å²) >= 11 is 0. The van der Waals surface area contributed by atoms with Crippen LogP contribution in [-0.2, 0) is 25.7 Å². The standard InChI is InChI=1S/C31H35FN4O9/c1-8-20-21(11-12-33-25(20)45-18(3)37)43-14-17(2)31(27(39)36(29(41)34-31)16-44-28(40)30(4,5)6)15-35-13-19-9-10-22(42-7)24(32)23(19)26(35)38/h8-12,17H,1,13-16H2,2-7H3,(H,34,41)/t17-,31-/m0/s1. The van der Waals surface area contributed by atoms with E-state index in [1.807, 2.05) is 0 Å². The SMILES string of the molecule is C=Cc1c(OC[C@H](C)[C@]2(CN3Cc4ccc(OC)c(F)c4C3=O)NC(=O)N(COC(=O)C(C)(C)C)C2=O)ccnc1OC(C)=O. The van der Waals surface area contributed by atoms with Crippen LogP contribution in [0, 0.1) is 17.2 Å². The molecule has 0 spiro atoms. The van der Waals surface area contributed by atoms with Gasteiger partial charge in [0, 0.05) is 25.6 Å². The van der Waals surface area contributed by atoms with Crippen LogP contribution in [0.5, 0.6) is 17.4 Å². The van der Waals surface area contributed by atoms with Crippen LogP contribution < -0.4 is 19.5 Å². The minimum atomic E-state index is -1.77. The molecule has 0 saturated carbocycles. The number of aromatic nitrogens is 1. The summed E-state index contributed by atoms with van der Waals surface area (Å²) in [6.45, 7) is 10.2. The fourth-order valence-electron chi connectivity index (χ4n) is 5.01. The Hall–Kier alpha value is -5.01. The summed E-state index contributed by atoms with van der Waals surface area (Å²) < 4.78 is 36.5. The fraction of sp³-hybridized carbons (Fsp3) is 0.419. The van der Waals surface area contributed by atoms with E-state index >= 15 is 4.39 Å². The molecule has 1 saturated heterocycles. The zero-order valence-electron chi connectivity index (χ0n) is 25.9. The third-order valence-corrected chi connectivity index (χ3v) is 7.54. The maximum absolute atomic E-state index is 15.1. The molecule has 45 heavy (non-hydrogen) atoms. The smallest absolute Gasteiger partial charge is 0.327 e. The molecule has 4 amide bonds. The lowest BCUT2D eigenvalue weighted by atomic mass is 9.84. The maximum atomic E-state index is 15.1. The Labute approximate surface area is 259 Å². The largest absolute Gasteiger partial charge is 0.494 e. The fourth-order valence-corrected chi connectivity index (χ4v) is 5.01. The molecule has 3 heterocycles. The van der Waals surface area contributed by atoms with E-state index in [1.54, 1.807) is 33.8 Å². The van der Waals surface area contributed by atoms with E-state index in [0.29, 0.717) is 5.56 Å². The number of hydrogen-bond donors (Lipinski definition) is 1. The van der Waals surface area contributed by atoms with Crippen molar-refractivity contribution in [1.29, 1.82) is 0 Å². The number of carbonyl (C=O) groups excluding carboxylic acids is 5. The number of esters is 2. The van der Waals surface area contributed by atoms with E-state index < -0.39 is 59.2 Å². The van der Waals surface area contributed by atoms with Gasteiger partial charge < -0.3 is 29.2 Å². The summed E-state index contributed by atoms with van der Waals surface area (Å²) in [4.78, 5) is 70.7. The monoisotopic (exact) mass is 626 g/mol. The first-order chi connectivity index (χ1) is 21.1. The first kappa shape index (κ1) is 32.9. The highest BCUT2D eigenvalue weighted by atomic mass is 19.1. The molecule has 0 radical (unpaired) electrons. The Morgan fingerprint density at radius 1 is 1.20 bits per heavy atom. The number of ether oxygens (including phenoxy) is 4. The third-order valence-electron chi connectivity index (χ3n) is 7.54. The van der Waals surface area contributed by atoms with Crippen LogP contribution in [-0.4, -0.2) is 77.1 Å². The molecule has 0 unspecified atom stereocenters. The molecule has 1 N–H and O–H groups in total.